The zero-order chi connectivity index (χ0) is 13.8. The van der Waals surface area contributed by atoms with E-state index in [0.29, 0.717) is 0 Å². The molecule has 6 heteroatoms. The number of aliphatic hydroxyl groups excluding tert-OH is 4. The molecule has 1 saturated heterocycles. The van der Waals surface area contributed by atoms with Crippen LogP contribution in [0.3, 0.4) is 0 Å². The third-order valence-corrected chi connectivity index (χ3v) is 3.09. The van der Waals surface area contributed by atoms with Crippen molar-refractivity contribution in [3.8, 4) is 0 Å². The number of hydrogen-bond donors (Lipinski definition) is 4. The van der Waals surface area contributed by atoms with Gasteiger partial charge in [0.1, 0.15) is 24.4 Å². The van der Waals surface area contributed by atoms with E-state index in [4.69, 9.17) is 14.6 Å². The highest BCUT2D eigenvalue weighted by Gasteiger charge is 2.38. The van der Waals surface area contributed by atoms with E-state index in [0.717, 1.165) is 5.56 Å². The Morgan fingerprint density at radius 3 is 2.47 bits per heavy atom. The Balaban J connectivity index is 1.95. The van der Waals surface area contributed by atoms with E-state index >= 15 is 0 Å². The Hall–Kier alpha value is -1.02. The zero-order valence-corrected chi connectivity index (χ0v) is 10.3. The van der Waals surface area contributed by atoms with Crippen molar-refractivity contribution in [2.45, 2.75) is 30.7 Å². The van der Waals surface area contributed by atoms with E-state index in [1.165, 1.54) is 0 Å². The zero-order valence-electron chi connectivity index (χ0n) is 10.3. The van der Waals surface area contributed by atoms with Crippen molar-refractivity contribution >= 4 is 0 Å². The quantitative estimate of drug-likeness (QED) is 0.558. The van der Waals surface area contributed by atoms with Crippen LogP contribution in [0.25, 0.3) is 0 Å². The highest BCUT2D eigenvalue weighted by atomic mass is 16.7. The van der Waals surface area contributed by atoms with Gasteiger partial charge < -0.3 is 29.9 Å². The minimum Gasteiger partial charge on any atom is -0.394 e. The molecular weight excluding hydrogens is 252 g/mol. The maximum Gasteiger partial charge on any atom is 0.184 e. The molecule has 1 aromatic rings. The van der Waals surface area contributed by atoms with Crippen molar-refractivity contribution < 1.29 is 29.9 Å². The van der Waals surface area contributed by atoms with E-state index in [1.54, 1.807) is 0 Å². The van der Waals surface area contributed by atoms with Gasteiger partial charge in [0.25, 0.3) is 0 Å². The molecule has 1 heterocycles. The van der Waals surface area contributed by atoms with Crippen LogP contribution in [-0.2, 0) is 9.47 Å². The van der Waals surface area contributed by atoms with Gasteiger partial charge in [-0.15, -0.1) is 0 Å². The van der Waals surface area contributed by atoms with Gasteiger partial charge in [-0.25, -0.2) is 0 Å². The second-order valence-electron chi connectivity index (χ2n) is 4.48. The van der Waals surface area contributed by atoms with E-state index in [2.05, 4.69) is 0 Å². The molecule has 6 nitrogen and oxygen atoms in total. The summed E-state index contributed by atoms with van der Waals surface area (Å²) < 4.78 is 10.9. The lowest BCUT2D eigenvalue weighted by Crippen LogP contribution is -2.46. The normalized spacial score (nSPS) is 28.0. The monoisotopic (exact) mass is 270 g/mol. The van der Waals surface area contributed by atoms with Crippen molar-refractivity contribution in [3.05, 3.63) is 35.9 Å². The van der Waals surface area contributed by atoms with Gasteiger partial charge in [0.05, 0.1) is 13.2 Å². The standard InChI is InChI=1S/C13H18O6/c14-6-9(15)11(16)12(17)10-7-18-13(19-10)8-4-2-1-3-5-8/h1-5,9-17H,6-7H2/t9-,10+,11+,12+,13?/m1/s1. The lowest BCUT2D eigenvalue weighted by Gasteiger charge is -2.25. The summed E-state index contributed by atoms with van der Waals surface area (Å²) in [4.78, 5) is 0. The van der Waals surface area contributed by atoms with Crippen molar-refractivity contribution in [1.82, 2.24) is 0 Å². The van der Waals surface area contributed by atoms with Crippen LogP contribution in [0.1, 0.15) is 11.9 Å². The molecule has 1 aliphatic rings. The van der Waals surface area contributed by atoms with E-state index in [-0.39, 0.29) is 6.61 Å². The Morgan fingerprint density at radius 2 is 1.84 bits per heavy atom. The molecule has 0 aliphatic carbocycles. The molecule has 1 aromatic carbocycles. The number of hydrogen-bond acceptors (Lipinski definition) is 6. The molecule has 0 radical (unpaired) electrons. The van der Waals surface area contributed by atoms with E-state index in [9.17, 15) is 15.3 Å². The van der Waals surface area contributed by atoms with Crippen LogP contribution in [0.15, 0.2) is 30.3 Å². The minimum atomic E-state index is -1.48. The molecule has 0 saturated carbocycles. The molecule has 0 spiro atoms. The van der Waals surface area contributed by atoms with Gasteiger partial charge in [-0.3, -0.25) is 0 Å². The molecule has 19 heavy (non-hydrogen) atoms. The average Bonchev–Trinajstić information content (AvgIpc) is 2.95. The average molecular weight is 270 g/mol. The first kappa shape index (κ1) is 14.4. The van der Waals surface area contributed by atoms with Gasteiger partial charge in [-0.2, -0.15) is 0 Å². The molecular formula is C13H18O6. The molecule has 1 fully saturated rings. The van der Waals surface area contributed by atoms with Crippen LogP contribution in [0, 0.1) is 0 Å². The fourth-order valence-electron chi connectivity index (χ4n) is 1.94. The molecule has 0 bridgehead atoms. The summed E-state index contributed by atoms with van der Waals surface area (Å²) in [6, 6.07) is 9.22. The molecule has 0 amide bonds. The van der Waals surface area contributed by atoms with Gasteiger partial charge >= 0.3 is 0 Å². The highest BCUT2D eigenvalue weighted by Crippen LogP contribution is 2.29. The number of benzene rings is 1. The third kappa shape index (κ3) is 3.30. The van der Waals surface area contributed by atoms with Crippen LogP contribution in [0.5, 0.6) is 0 Å². The molecule has 4 N–H and O–H groups in total. The molecule has 2 rings (SSSR count). The van der Waals surface area contributed by atoms with Gasteiger partial charge in [-0.05, 0) is 0 Å². The number of aliphatic hydroxyl groups is 4. The van der Waals surface area contributed by atoms with Crippen LogP contribution < -0.4 is 0 Å². The van der Waals surface area contributed by atoms with Crippen molar-refractivity contribution in [3.63, 3.8) is 0 Å². The van der Waals surface area contributed by atoms with Gasteiger partial charge in [0.2, 0.25) is 0 Å². The maximum absolute atomic E-state index is 9.86. The molecule has 0 aromatic heterocycles. The first-order valence-corrected chi connectivity index (χ1v) is 6.10. The Morgan fingerprint density at radius 1 is 1.16 bits per heavy atom. The third-order valence-electron chi connectivity index (χ3n) is 3.09. The number of rotatable bonds is 5. The largest absolute Gasteiger partial charge is 0.394 e. The summed E-state index contributed by atoms with van der Waals surface area (Å²) in [6.45, 7) is -0.524. The van der Waals surface area contributed by atoms with Gasteiger partial charge in [0, 0.05) is 5.56 Å². The Bertz CT molecular complexity index is 384. The topological polar surface area (TPSA) is 99.4 Å². The maximum atomic E-state index is 9.86. The molecule has 5 atom stereocenters. The Kier molecular flexibility index (Phi) is 4.87. The summed E-state index contributed by atoms with van der Waals surface area (Å²) >= 11 is 0. The van der Waals surface area contributed by atoms with Crippen LogP contribution in [-0.4, -0.2) is 58.1 Å². The number of ether oxygens (including phenoxy) is 2. The summed E-state index contributed by atoms with van der Waals surface area (Å²) in [6.07, 6.45) is -5.56. The smallest absolute Gasteiger partial charge is 0.184 e. The minimum absolute atomic E-state index is 0.107. The van der Waals surface area contributed by atoms with Gasteiger partial charge in [-0.1, -0.05) is 30.3 Å². The first-order valence-electron chi connectivity index (χ1n) is 6.10. The second kappa shape index (κ2) is 6.42. The summed E-state index contributed by atoms with van der Waals surface area (Å²) in [5.74, 6) is 0. The lowest BCUT2D eigenvalue weighted by atomic mass is 10.0. The van der Waals surface area contributed by atoms with Crippen molar-refractivity contribution in [2.24, 2.45) is 0 Å². The summed E-state index contributed by atoms with van der Waals surface area (Å²) in [5, 5.41) is 37.5. The fraction of sp³-hybridized carbons (Fsp3) is 0.538. The summed E-state index contributed by atoms with van der Waals surface area (Å²) in [5.41, 5.74) is 0.814. The van der Waals surface area contributed by atoms with Crippen LogP contribution in [0.4, 0.5) is 0 Å². The SMILES string of the molecule is OC[C@@H](O)[C@H](O)[C@@H](O)[C@@H]1COC(c2ccccc2)O1. The predicted octanol–water partition coefficient (Wildman–Crippen LogP) is -0.824. The van der Waals surface area contributed by atoms with Crippen LogP contribution in [0.2, 0.25) is 0 Å². The van der Waals surface area contributed by atoms with E-state index in [1.807, 2.05) is 30.3 Å². The Labute approximate surface area is 110 Å². The molecule has 1 aliphatic heterocycles. The van der Waals surface area contributed by atoms with Crippen molar-refractivity contribution in [1.29, 1.82) is 0 Å². The molecule has 106 valence electrons. The summed E-state index contributed by atoms with van der Waals surface area (Å²) in [7, 11) is 0. The van der Waals surface area contributed by atoms with Crippen LogP contribution >= 0.6 is 0 Å². The van der Waals surface area contributed by atoms with Gasteiger partial charge in [0.15, 0.2) is 6.29 Å². The first-order chi connectivity index (χ1) is 9.13. The van der Waals surface area contributed by atoms with Crippen molar-refractivity contribution in [2.75, 3.05) is 13.2 Å². The highest BCUT2D eigenvalue weighted by molar-refractivity contribution is 5.16. The lowest BCUT2D eigenvalue weighted by molar-refractivity contribution is -0.134. The van der Waals surface area contributed by atoms with E-state index < -0.39 is 37.3 Å². The second-order valence-corrected chi connectivity index (χ2v) is 4.48. The fourth-order valence-corrected chi connectivity index (χ4v) is 1.94. The molecule has 1 unspecified atom stereocenters. The predicted molar refractivity (Wildman–Crippen MR) is 65.1 cm³/mol.